The van der Waals surface area contributed by atoms with Crippen LogP contribution in [0.3, 0.4) is 0 Å². The lowest BCUT2D eigenvalue weighted by molar-refractivity contribution is 0.0933. The Kier molecular flexibility index (Phi) is 2.46. The molecule has 0 bridgehead atoms. The zero-order valence-corrected chi connectivity index (χ0v) is 6.67. The van der Waals surface area contributed by atoms with Gasteiger partial charge in [-0.05, 0) is 26.2 Å². The first kappa shape index (κ1) is 8.49. The number of nitrogens with zero attached hydrogens (tertiary/aromatic N) is 1. The average Bonchev–Trinajstić information content (AvgIpc) is 2.05. The molecule has 0 aromatic rings. The molecule has 0 saturated heterocycles. The summed E-state index contributed by atoms with van der Waals surface area (Å²) in [5.74, 6) is 0. The number of hydroxylamine groups is 1. The maximum Gasteiger partial charge on any atom is 0.0814 e. The summed E-state index contributed by atoms with van der Waals surface area (Å²) < 4.78 is 0. The van der Waals surface area contributed by atoms with Crippen molar-refractivity contribution in [2.24, 2.45) is 5.16 Å². The highest BCUT2D eigenvalue weighted by atomic mass is 16.5. The van der Waals surface area contributed by atoms with Crippen molar-refractivity contribution >= 4 is 5.71 Å². The van der Waals surface area contributed by atoms with Gasteiger partial charge in [-0.15, -0.1) is 0 Å². The molecule has 0 aliphatic heterocycles. The molecule has 1 fully saturated rings. The van der Waals surface area contributed by atoms with Gasteiger partial charge in [-0.3, -0.25) is 0 Å². The Bertz CT molecular complexity index is 170. The number of nitrogens with one attached hydrogen (secondary N) is 1. The third-order valence-electron chi connectivity index (χ3n) is 2.34. The molecule has 0 aromatic heterocycles. The van der Waals surface area contributed by atoms with Crippen molar-refractivity contribution in [1.29, 1.82) is 0 Å². The minimum Gasteiger partial charge on any atom is -0.411 e. The zero-order chi connectivity index (χ0) is 8.32. The Morgan fingerprint density at radius 1 is 1.55 bits per heavy atom. The van der Waals surface area contributed by atoms with Crippen molar-refractivity contribution in [1.82, 2.24) is 5.48 Å². The van der Waals surface area contributed by atoms with Gasteiger partial charge < -0.3 is 10.4 Å². The van der Waals surface area contributed by atoms with Gasteiger partial charge in [0.25, 0.3) is 0 Å². The first-order chi connectivity index (χ1) is 5.23. The summed E-state index contributed by atoms with van der Waals surface area (Å²) in [4.78, 5) is 0. The Morgan fingerprint density at radius 3 is 2.73 bits per heavy atom. The molecule has 0 radical (unpaired) electrons. The molecule has 11 heavy (non-hydrogen) atoms. The molecule has 4 nitrogen and oxygen atoms in total. The Morgan fingerprint density at radius 2 is 2.27 bits per heavy atom. The minimum atomic E-state index is -0.507. The molecule has 64 valence electrons. The lowest BCUT2D eigenvalue weighted by atomic mass is 9.82. The number of hydrogen-bond donors (Lipinski definition) is 3. The summed E-state index contributed by atoms with van der Waals surface area (Å²) in [7, 11) is 0. The van der Waals surface area contributed by atoms with Crippen molar-refractivity contribution in [3.05, 3.63) is 0 Å². The van der Waals surface area contributed by atoms with Crippen LogP contribution >= 0.6 is 0 Å². The summed E-state index contributed by atoms with van der Waals surface area (Å²) in [6.45, 7) is 1.83. The maximum absolute atomic E-state index is 8.81. The molecule has 1 saturated carbocycles. The van der Waals surface area contributed by atoms with E-state index in [-0.39, 0.29) is 0 Å². The van der Waals surface area contributed by atoms with Gasteiger partial charge in [-0.25, -0.2) is 0 Å². The van der Waals surface area contributed by atoms with Gasteiger partial charge in [-0.2, -0.15) is 5.48 Å². The summed E-state index contributed by atoms with van der Waals surface area (Å²) in [6, 6.07) is 0. The second-order valence-electron chi connectivity index (χ2n) is 3.20. The van der Waals surface area contributed by atoms with Gasteiger partial charge in [0.1, 0.15) is 0 Å². The van der Waals surface area contributed by atoms with Crippen LogP contribution < -0.4 is 5.48 Å². The molecule has 4 heteroatoms. The Hall–Kier alpha value is -0.610. The van der Waals surface area contributed by atoms with E-state index < -0.39 is 5.54 Å². The van der Waals surface area contributed by atoms with E-state index in [9.17, 15) is 0 Å². The van der Waals surface area contributed by atoms with Gasteiger partial charge in [0.15, 0.2) is 0 Å². The van der Waals surface area contributed by atoms with Crippen LogP contribution in [0.2, 0.25) is 0 Å². The van der Waals surface area contributed by atoms with E-state index in [1.54, 1.807) is 0 Å². The van der Waals surface area contributed by atoms with Crippen LogP contribution in [-0.4, -0.2) is 21.7 Å². The fraction of sp³-hybridized carbons (Fsp3) is 0.857. The lowest BCUT2D eigenvalue weighted by Gasteiger charge is -2.32. The van der Waals surface area contributed by atoms with Crippen molar-refractivity contribution in [2.75, 3.05) is 0 Å². The molecule has 0 unspecified atom stereocenters. The minimum absolute atomic E-state index is 0.507. The highest BCUT2D eigenvalue weighted by Crippen LogP contribution is 2.24. The van der Waals surface area contributed by atoms with Crippen LogP contribution in [0.1, 0.15) is 32.6 Å². The van der Waals surface area contributed by atoms with Crippen LogP contribution in [0.4, 0.5) is 0 Å². The van der Waals surface area contributed by atoms with Crippen molar-refractivity contribution in [2.45, 2.75) is 38.1 Å². The zero-order valence-electron chi connectivity index (χ0n) is 6.67. The molecule has 0 spiro atoms. The molecule has 1 aliphatic carbocycles. The largest absolute Gasteiger partial charge is 0.411 e. The molecular weight excluding hydrogens is 144 g/mol. The van der Waals surface area contributed by atoms with Crippen molar-refractivity contribution in [3.63, 3.8) is 0 Å². The first-order valence-corrected chi connectivity index (χ1v) is 3.85. The number of rotatable bonds is 1. The number of oxime groups is 1. The van der Waals surface area contributed by atoms with E-state index in [4.69, 9.17) is 10.4 Å². The van der Waals surface area contributed by atoms with Crippen LogP contribution in [-0.2, 0) is 0 Å². The number of hydrogen-bond acceptors (Lipinski definition) is 4. The van der Waals surface area contributed by atoms with Gasteiger partial charge >= 0.3 is 0 Å². The van der Waals surface area contributed by atoms with E-state index in [0.717, 1.165) is 25.7 Å². The molecular formula is C7H14N2O2. The molecule has 1 atom stereocenters. The van der Waals surface area contributed by atoms with Gasteiger partial charge in [-0.1, -0.05) is 11.6 Å². The summed E-state index contributed by atoms with van der Waals surface area (Å²) in [6.07, 6.45) is 3.68. The molecule has 3 N–H and O–H groups in total. The highest BCUT2D eigenvalue weighted by Gasteiger charge is 2.32. The second-order valence-corrected chi connectivity index (χ2v) is 3.20. The quantitative estimate of drug-likeness (QED) is 0.396. The van der Waals surface area contributed by atoms with Crippen LogP contribution in [0.15, 0.2) is 5.16 Å². The molecule has 1 rings (SSSR count). The third-order valence-corrected chi connectivity index (χ3v) is 2.34. The summed E-state index contributed by atoms with van der Waals surface area (Å²) in [5, 5.41) is 20.6. The Labute approximate surface area is 65.9 Å². The first-order valence-electron chi connectivity index (χ1n) is 3.85. The van der Waals surface area contributed by atoms with Crippen LogP contribution in [0.5, 0.6) is 0 Å². The van der Waals surface area contributed by atoms with E-state index in [1.165, 1.54) is 0 Å². The smallest absolute Gasteiger partial charge is 0.0814 e. The standard InChI is InChI=1S/C7H14N2O2/c1-7(9-11)5-3-2-4-6(7)8-10/h9-11H,2-5H2,1H3/t7-/m1/s1. The Balaban J connectivity index is 2.74. The SMILES string of the molecule is C[C@@]1(NO)CCCCC1=NO. The van der Waals surface area contributed by atoms with Gasteiger partial charge in [0, 0.05) is 0 Å². The van der Waals surface area contributed by atoms with E-state index >= 15 is 0 Å². The fourth-order valence-corrected chi connectivity index (χ4v) is 1.47. The van der Waals surface area contributed by atoms with Crippen LogP contribution in [0.25, 0.3) is 0 Å². The topological polar surface area (TPSA) is 64.8 Å². The van der Waals surface area contributed by atoms with E-state index in [0.29, 0.717) is 5.71 Å². The van der Waals surface area contributed by atoms with Crippen LogP contribution in [0, 0.1) is 0 Å². The van der Waals surface area contributed by atoms with Crippen molar-refractivity contribution in [3.8, 4) is 0 Å². The fourth-order valence-electron chi connectivity index (χ4n) is 1.47. The van der Waals surface area contributed by atoms with E-state index in [2.05, 4.69) is 10.6 Å². The highest BCUT2D eigenvalue weighted by molar-refractivity contribution is 5.93. The predicted octanol–water partition coefficient (Wildman–Crippen LogP) is 1.13. The summed E-state index contributed by atoms with van der Waals surface area (Å²) in [5.41, 5.74) is 2.33. The monoisotopic (exact) mass is 158 g/mol. The third kappa shape index (κ3) is 1.52. The molecule has 0 amide bonds. The van der Waals surface area contributed by atoms with Gasteiger partial charge in [0.05, 0.1) is 11.3 Å². The van der Waals surface area contributed by atoms with Gasteiger partial charge in [0.2, 0.25) is 0 Å². The molecule has 0 aromatic carbocycles. The lowest BCUT2D eigenvalue weighted by Crippen LogP contribution is -2.49. The summed E-state index contributed by atoms with van der Waals surface area (Å²) >= 11 is 0. The molecule has 0 heterocycles. The average molecular weight is 158 g/mol. The van der Waals surface area contributed by atoms with E-state index in [1.807, 2.05) is 6.92 Å². The molecule has 1 aliphatic rings. The second kappa shape index (κ2) is 3.19. The normalized spacial score (nSPS) is 36.0. The predicted molar refractivity (Wildman–Crippen MR) is 41.0 cm³/mol. The van der Waals surface area contributed by atoms with Crippen molar-refractivity contribution < 1.29 is 10.4 Å². The maximum atomic E-state index is 8.81.